The van der Waals surface area contributed by atoms with E-state index in [-0.39, 0.29) is 17.3 Å². The van der Waals surface area contributed by atoms with Crippen LogP contribution >= 0.6 is 11.6 Å². The fraction of sp³-hybridized carbons (Fsp3) is 0.333. The van der Waals surface area contributed by atoms with Crippen LogP contribution in [0.3, 0.4) is 0 Å². The lowest BCUT2D eigenvalue weighted by Crippen LogP contribution is -2.51. The molecule has 0 aliphatic heterocycles. The SMILES string of the molecule is CCCCNC(=O)C(C)N(Cc1ccc(C)cc1)C(=O)CN(c1cccc(Cl)c1C)S(=O)(=O)c1ccccc1. The average Bonchev–Trinajstić information content (AvgIpc) is 2.93. The molecule has 0 saturated carbocycles. The van der Waals surface area contributed by atoms with Crippen molar-refractivity contribution in [2.24, 2.45) is 0 Å². The van der Waals surface area contributed by atoms with Crippen LogP contribution in [0.4, 0.5) is 5.69 Å². The van der Waals surface area contributed by atoms with Gasteiger partial charge in [-0.2, -0.15) is 0 Å². The molecule has 1 atom stereocenters. The summed E-state index contributed by atoms with van der Waals surface area (Å²) in [5.74, 6) is -0.798. The van der Waals surface area contributed by atoms with Crippen molar-refractivity contribution in [2.75, 3.05) is 17.4 Å². The first-order valence-corrected chi connectivity index (χ1v) is 14.8. The van der Waals surface area contributed by atoms with Gasteiger partial charge in [-0.05, 0) is 62.6 Å². The summed E-state index contributed by atoms with van der Waals surface area (Å²) in [6.07, 6.45) is 1.74. The van der Waals surface area contributed by atoms with Crippen molar-refractivity contribution < 1.29 is 18.0 Å². The predicted molar refractivity (Wildman–Crippen MR) is 156 cm³/mol. The summed E-state index contributed by atoms with van der Waals surface area (Å²) >= 11 is 6.36. The summed E-state index contributed by atoms with van der Waals surface area (Å²) in [4.78, 5) is 28.5. The first kappa shape index (κ1) is 30.2. The van der Waals surface area contributed by atoms with Crippen LogP contribution in [0.5, 0.6) is 0 Å². The molecule has 0 bridgehead atoms. The van der Waals surface area contributed by atoms with Gasteiger partial charge in [0.25, 0.3) is 10.0 Å². The number of amides is 2. The third kappa shape index (κ3) is 7.61. The molecule has 208 valence electrons. The quantitative estimate of drug-likeness (QED) is 0.292. The van der Waals surface area contributed by atoms with Gasteiger partial charge in [0.1, 0.15) is 12.6 Å². The second-order valence-corrected chi connectivity index (χ2v) is 11.8. The lowest BCUT2D eigenvalue weighted by Gasteiger charge is -2.32. The van der Waals surface area contributed by atoms with E-state index in [1.807, 2.05) is 38.1 Å². The van der Waals surface area contributed by atoms with Gasteiger partial charge in [0.05, 0.1) is 10.6 Å². The second kappa shape index (κ2) is 13.6. The highest BCUT2D eigenvalue weighted by atomic mass is 35.5. The fourth-order valence-electron chi connectivity index (χ4n) is 4.11. The lowest BCUT2D eigenvalue weighted by molar-refractivity contribution is -0.139. The van der Waals surface area contributed by atoms with Gasteiger partial charge >= 0.3 is 0 Å². The maximum Gasteiger partial charge on any atom is 0.264 e. The third-order valence-corrected chi connectivity index (χ3v) is 8.77. The molecule has 0 spiro atoms. The standard InChI is InChI=1S/C30H36ClN3O4S/c1-5-6-19-32-30(36)24(4)33(20-25-17-15-22(2)16-18-25)29(35)21-34(28-14-10-13-27(31)23(28)3)39(37,38)26-11-8-7-9-12-26/h7-18,24H,5-6,19-21H2,1-4H3,(H,32,36). The van der Waals surface area contributed by atoms with Crippen molar-refractivity contribution in [1.82, 2.24) is 10.2 Å². The number of hydrogen-bond donors (Lipinski definition) is 1. The van der Waals surface area contributed by atoms with E-state index in [0.717, 1.165) is 28.3 Å². The number of aryl methyl sites for hydroxylation is 1. The van der Waals surface area contributed by atoms with Crippen LogP contribution < -0.4 is 9.62 Å². The number of anilines is 1. The number of hydrogen-bond acceptors (Lipinski definition) is 4. The number of nitrogens with zero attached hydrogens (tertiary/aromatic N) is 2. The van der Waals surface area contributed by atoms with Crippen molar-refractivity contribution in [1.29, 1.82) is 0 Å². The molecule has 3 aromatic carbocycles. The van der Waals surface area contributed by atoms with Gasteiger partial charge in [0.15, 0.2) is 0 Å². The van der Waals surface area contributed by atoms with Crippen LogP contribution in [0.25, 0.3) is 0 Å². The molecule has 0 aliphatic rings. The van der Waals surface area contributed by atoms with E-state index in [9.17, 15) is 18.0 Å². The van der Waals surface area contributed by atoms with Crippen LogP contribution in [0, 0.1) is 13.8 Å². The maximum atomic E-state index is 14.0. The minimum Gasteiger partial charge on any atom is -0.354 e. The second-order valence-electron chi connectivity index (χ2n) is 9.54. The lowest BCUT2D eigenvalue weighted by atomic mass is 10.1. The summed E-state index contributed by atoms with van der Waals surface area (Å²) in [6, 6.07) is 19.7. The number of nitrogens with one attached hydrogen (secondary N) is 1. The Balaban J connectivity index is 2.02. The van der Waals surface area contributed by atoms with Crippen molar-refractivity contribution in [3.8, 4) is 0 Å². The van der Waals surface area contributed by atoms with E-state index in [2.05, 4.69) is 5.32 Å². The summed E-state index contributed by atoms with van der Waals surface area (Å²) in [5.41, 5.74) is 2.73. The number of rotatable bonds is 12. The van der Waals surface area contributed by atoms with Gasteiger partial charge in [-0.1, -0.05) is 79.0 Å². The number of halogens is 1. The van der Waals surface area contributed by atoms with E-state index in [1.165, 1.54) is 17.0 Å². The van der Waals surface area contributed by atoms with Gasteiger partial charge < -0.3 is 10.2 Å². The first-order valence-electron chi connectivity index (χ1n) is 13.0. The van der Waals surface area contributed by atoms with Gasteiger partial charge in [-0.25, -0.2) is 8.42 Å². The Labute approximate surface area is 236 Å². The van der Waals surface area contributed by atoms with Crippen LogP contribution in [0.15, 0.2) is 77.7 Å². The Hall–Kier alpha value is -3.36. The van der Waals surface area contributed by atoms with Gasteiger partial charge in [-0.15, -0.1) is 0 Å². The highest BCUT2D eigenvalue weighted by molar-refractivity contribution is 7.92. The van der Waals surface area contributed by atoms with Gasteiger partial charge in [-0.3, -0.25) is 13.9 Å². The average molecular weight is 570 g/mol. The zero-order valence-corrected chi connectivity index (χ0v) is 24.4. The van der Waals surface area contributed by atoms with Crippen LogP contribution in [-0.4, -0.2) is 44.3 Å². The van der Waals surface area contributed by atoms with Crippen LogP contribution in [0.1, 0.15) is 43.4 Å². The number of carbonyl (C=O) groups is 2. The van der Waals surface area contributed by atoms with Crippen molar-refractivity contribution in [3.05, 3.63) is 94.5 Å². The molecule has 0 aliphatic carbocycles. The van der Waals surface area contributed by atoms with Crippen LogP contribution in [-0.2, 0) is 26.2 Å². The number of benzene rings is 3. The first-order chi connectivity index (χ1) is 18.6. The topological polar surface area (TPSA) is 86.8 Å². The molecule has 3 rings (SSSR count). The van der Waals surface area contributed by atoms with E-state index in [0.29, 0.717) is 22.8 Å². The van der Waals surface area contributed by atoms with E-state index >= 15 is 0 Å². The zero-order valence-electron chi connectivity index (χ0n) is 22.9. The van der Waals surface area contributed by atoms with Gasteiger partial charge in [0.2, 0.25) is 11.8 Å². The molecule has 9 heteroatoms. The molecular weight excluding hydrogens is 534 g/mol. The molecule has 39 heavy (non-hydrogen) atoms. The van der Waals surface area contributed by atoms with Crippen molar-refractivity contribution >= 4 is 39.1 Å². The molecule has 2 amide bonds. The zero-order chi connectivity index (χ0) is 28.6. The molecule has 1 unspecified atom stereocenters. The largest absolute Gasteiger partial charge is 0.354 e. The Morgan fingerprint density at radius 2 is 1.62 bits per heavy atom. The minimum atomic E-state index is -4.14. The molecule has 0 aromatic heterocycles. The molecule has 0 radical (unpaired) electrons. The Kier molecular flexibility index (Phi) is 10.5. The molecule has 0 heterocycles. The smallest absolute Gasteiger partial charge is 0.264 e. The number of unbranched alkanes of at least 4 members (excludes halogenated alkanes) is 1. The normalized spacial score (nSPS) is 12.0. The predicted octanol–water partition coefficient (Wildman–Crippen LogP) is 5.49. The Morgan fingerprint density at radius 3 is 2.26 bits per heavy atom. The number of sulfonamides is 1. The minimum absolute atomic E-state index is 0.0487. The highest BCUT2D eigenvalue weighted by Gasteiger charge is 2.33. The fourth-order valence-corrected chi connectivity index (χ4v) is 5.77. The summed E-state index contributed by atoms with van der Waals surface area (Å²) in [5, 5.41) is 3.27. The molecule has 1 N–H and O–H groups in total. The molecule has 7 nitrogen and oxygen atoms in total. The third-order valence-electron chi connectivity index (χ3n) is 6.59. The Bertz CT molecular complexity index is 1380. The van der Waals surface area contributed by atoms with E-state index in [4.69, 9.17) is 11.6 Å². The highest BCUT2D eigenvalue weighted by Crippen LogP contribution is 2.31. The molecule has 0 saturated heterocycles. The van der Waals surface area contributed by atoms with E-state index in [1.54, 1.807) is 50.2 Å². The van der Waals surface area contributed by atoms with E-state index < -0.39 is 28.5 Å². The summed E-state index contributed by atoms with van der Waals surface area (Å²) in [7, 11) is -4.14. The summed E-state index contributed by atoms with van der Waals surface area (Å²) in [6.45, 7) is 7.52. The van der Waals surface area contributed by atoms with Crippen LogP contribution in [0.2, 0.25) is 5.02 Å². The van der Waals surface area contributed by atoms with Crippen molar-refractivity contribution in [2.45, 2.75) is 58.0 Å². The molecule has 0 fully saturated rings. The van der Waals surface area contributed by atoms with Crippen molar-refractivity contribution in [3.63, 3.8) is 0 Å². The molecular formula is C30H36ClN3O4S. The monoisotopic (exact) mass is 569 g/mol. The molecule has 3 aromatic rings. The van der Waals surface area contributed by atoms with Gasteiger partial charge in [0, 0.05) is 18.1 Å². The summed E-state index contributed by atoms with van der Waals surface area (Å²) < 4.78 is 28.8. The maximum absolute atomic E-state index is 14.0. The Morgan fingerprint density at radius 1 is 0.949 bits per heavy atom. The number of carbonyl (C=O) groups excluding carboxylic acids is 2.